The Morgan fingerprint density at radius 2 is 0.875 bits per heavy atom. The van der Waals surface area contributed by atoms with E-state index in [0.717, 1.165) is 24.3 Å². The predicted molar refractivity (Wildman–Crippen MR) is 238 cm³/mol. The monoisotopic (exact) mass is 962 g/mol. The van der Waals surface area contributed by atoms with E-state index in [-0.39, 0.29) is 96.0 Å². The number of sulfonamides is 2. The van der Waals surface area contributed by atoms with Crippen molar-refractivity contribution in [2.24, 2.45) is 0 Å². The van der Waals surface area contributed by atoms with Crippen LogP contribution in [0.2, 0.25) is 0 Å². The smallest absolute Gasteiger partial charge is 0.295 e. The van der Waals surface area contributed by atoms with Gasteiger partial charge in [-0.25, -0.2) is 16.8 Å². The van der Waals surface area contributed by atoms with E-state index >= 15 is 0 Å². The van der Waals surface area contributed by atoms with Gasteiger partial charge in [0.05, 0.1) is 37.8 Å². The minimum Gasteiger partial charge on any atom is -0.379 e. The summed E-state index contributed by atoms with van der Waals surface area (Å²) in [6.07, 6.45) is 2.25. The number of hydrogen-bond acceptors (Lipinski definition) is 14. The lowest BCUT2D eigenvalue weighted by Crippen LogP contribution is -2.41. The van der Waals surface area contributed by atoms with Gasteiger partial charge < -0.3 is 29.9 Å². The van der Waals surface area contributed by atoms with Gasteiger partial charge in [0.25, 0.3) is 32.1 Å². The van der Waals surface area contributed by atoms with Gasteiger partial charge >= 0.3 is 0 Å². The van der Waals surface area contributed by atoms with Crippen LogP contribution in [-0.2, 0) is 49.8 Å². The molecule has 2 fully saturated rings. The average molecular weight is 963 g/mol. The molecule has 4 N–H and O–H groups in total. The number of hydrogen-bond donors (Lipinski definition) is 4. The summed E-state index contributed by atoms with van der Waals surface area (Å²) in [5.74, 6) is -1.61. The fourth-order valence-corrected chi connectivity index (χ4v) is 11.7. The lowest BCUT2D eigenvalue weighted by atomic mass is 10.1. The van der Waals surface area contributed by atoms with Crippen LogP contribution in [0.3, 0.4) is 0 Å². The van der Waals surface area contributed by atoms with E-state index in [9.17, 15) is 52.4 Å². The highest BCUT2D eigenvalue weighted by atomic mass is 32.2. The molecule has 64 heavy (non-hydrogen) atoms. The number of ether oxygens (including phenoxy) is 2. The Morgan fingerprint density at radius 1 is 0.531 bits per heavy atom. The molecule has 0 radical (unpaired) electrons. The number of nitrogens with one attached hydrogen (secondary N) is 2. The van der Waals surface area contributed by atoms with E-state index < -0.39 is 61.9 Å². The Morgan fingerprint density at radius 3 is 1.19 bits per heavy atom. The van der Waals surface area contributed by atoms with Gasteiger partial charge in [-0.1, -0.05) is 24.3 Å². The summed E-state index contributed by atoms with van der Waals surface area (Å²) in [4.78, 5) is 28.4. The number of carbonyl (C=O) groups excluding carboxylic acids is 2. The minimum absolute atomic E-state index is 0.0732. The van der Waals surface area contributed by atoms with Crippen molar-refractivity contribution in [2.45, 2.75) is 19.6 Å². The number of amides is 2. The highest BCUT2D eigenvalue weighted by Crippen LogP contribution is 2.32. The van der Waals surface area contributed by atoms with E-state index in [2.05, 4.69) is 10.6 Å². The molecule has 0 spiro atoms. The van der Waals surface area contributed by atoms with E-state index in [4.69, 9.17) is 9.47 Å². The maximum Gasteiger partial charge on any atom is 0.295 e. The second kappa shape index (κ2) is 19.1. The summed E-state index contributed by atoms with van der Waals surface area (Å²) in [7, 11) is -11.5. The van der Waals surface area contributed by atoms with Crippen LogP contribution >= 0.6 is 0 Å². The summed E-state index contributed by atoms with van der Waals surface area (Å²) in [6, 6.07) is 15.0. The normalized spacial score (nSPS) is 15.8. The maximum absolute atomic E-state index is 13.6. The van der Waals surface area contributed by atoms with Gasteiger partial charge in [-0.05, 0) is 71.8 Å². The van der Waals surface area contributed by atoms with E-state index in [1.54, 1.807) is 38.0 Å². The van der Waals surface area contributed by atoms with Crippen LogP contribution in [0.5, 0.6) is 0 Å². The zero-order chi connectivity index (χ0) is 46.8. The van der Waals surface area contributed by atoms with Gasteiger partial charge in [-0.15, -0.1) is 0 Å². The van der Waals surface area contributed by atoms with Crippen molar-refractivity contribution >= 4 is 87.0 Å². The second-order valence-corrected chi connectivity index (χ2v) is 21.5. The van der Waals surface area contributed by atoms with Gasteiger partial charge in [-0.3, -0.25) is 18.7 Å². The summed E-state index contributed by atoms with van der Waals surface area (Å²) in [5.41, 5.74) is -0.0520. The SMILES string of the molecule is CN(C)c1ccc(C(=O)Nc2ccc(/C=C/c3ccc(NC(=O)c4ccc(N(C)C)c(S(=O)(=O)N5CCOCC5)c4)cc3S(=O)(=O)O)c(S(=O)(=O)O)c2)cc1S(=O)(=O)N1CCOCC1. The highest BCUT2D eigenvalue weighted by Gasteiger charge is 2.32. The molecule has 2 aliphatic rings. The Labute approximate surface area is 371 Å². The molecular weight excluding hydrogens is 917 g/mol. The molecule has 2 heterocycles. The summed E-state index contributed by atoms with van der Waals surface area (Å²) < 4.78 is 138. The first-order valence-corrected chi connectivity index (χ1v) is 25.1. The molecule has 0 bridgehead atoms. The van der Waals surface area contributed by atoms with Crippen LogP contribution in [0.25, 0.3) is 12.2 Å². The van der Waals surface area contributed by atoms with Crippen LogP contribution in [-0.4, -0.2) is 144 Å². The molecular formula is C40H46N6O14S4. The number of anilines is 4. The first-order valence-electron chi connectivity index (χ1n) is 19.3. The Hall–Kier alpha value is -5.28. The number of benzene rings is 4. The van der Waals surface area contributed by atoms with E-state index in [1.165, 1.54) is 69.3 Å². The number of carbonyl (C=O) groups is 2. The van der Waals surface area contributed by atoms with E-state index in [0.29, 0.717) is 11.4 Å². The molecule has 344 valence electrons. The van der Waals surface area contributed by atoms with Gasteiger partial charge in [0, 0.05) is 76.9 Å². The van der Waals surface area contributed by atoms with E-state index in [1.807, 2.05) is 0 Å². The van der Waals surface area contributed by atoms with Crippen molar-refractivity contribution in [3.05, 3.63) is 95.1 Å². The summed E-state index contributed by atoms with van der Waals surface area (Å²) in [5, 5.41) is 5.02. The standard InChI is InChI=1S/C40H46N6O14S4/c1-43(2)33-13-9-29(23-37(33)61(49,50)45-15-19-59-20-16-45)39(47)41-31-11-7-27(35(25-31)63(53,54)55)5-6-28-8-12-32(26-36(28)64(56,57)58)42-40(48)30-10-14-34(44(3)4)38(24-30)62(51,52)46-17-21-60-22-18-46/h5-14,23-26H,15-22H2,1-4H3,(H,41,47)(H,42,48)(H,53,54,55)(H,56,57,58)/b6-5+. The van der Waals surface area contributed by atoms with Crippen molar-refractivity contribution < 1.29 is 61.8 Å². The van der Waals surface area contributed by atoms with Gasteiger partial charge in [0.1, 0.15) is 19.6 Å². The van der Waals surface area contributed by atoms with Crippen molar-refractivity contribution in [1.29, 1.82) is 0 Å². The minimum atomic E-state index is -4.99. The largest absolute Gasteiger partial charge is 0.379 e. The quantitative estimate of drug-likeness (QED) is 0.105. The number of rotatable bonds is 14. The maximum atomic E-state index is 13.6. The van der Waals surface area contributed by atoms with Gasteiger partial charge in [0.15, 0.2) is 0 Å². The summed E-state index contributed by atoms with van der Waals surface area (Å²) in [6.45, 7) is 1.29. The van der Waals surface area contributed by atoms with Crippen LogP contribution < -0.4 is 20.4 Å². The molecule has 20 nitrogen and oxygen atoms in total. The lowest BCUT2D eigenvalue weighted by molar-refractivity contribution is 0.0730. The molecule has 0 atom stereocenters. The molecule has 24 heteroatoms. The molecule has 2 aliphatic heterocycles. The highest BCUT2D eigenvalue weighted by molar-refractivity contribution is 7.89. The first-order chi connectivity index (χ1) is 30.0. The van der Waals surface area contributed by atoms with Crippen LogP contribution in [0, 0.1) is 0 Å². The zero-order valence-corrected chi connectivity index (χ0v) is 38.2. The average Bonchev–Trinajstić information content (AvgIpc) is 3.25. The number of morpholine rings is 2. The predicted octanol–water partition coefficient (Wildman–Crippen LogP) is 3.03. The molecule has 0 saturated carbocycles. The van der Waals surface area contributed by atoms with Crippen LogP contribution in [0.4, 0.5) is 22.7 Å². The molecule has 2 amide bonds. The molecule has 0 aromatic heterocycles. The Balaban J connectivity index is 1.25. The third-order valence-electron chi connectivity index (χ3n) is 10.1. The van der Waals surface area contributed by atoms with Crippen LogP contribution in [0.1, 0.15) is 31.8 Å². The molecule has 0 aliphatic carbocycles. The first kappa shape index (κ1) is 48.2. The third kappa shape index (κ3) is 10.8. The molecule has 4 aromatic rings. The molecule has 4 aromatic carbocycles. The third-order valence-corrected chi connectivity index (χ3v) is 15.8. The zero-order valence-electron chi connectivity index (χ0n) is 35.0. The van der Waals surface area contributed by atoms with Crippen LogP contribution in [0.15, 0.2) is 92.4 Å². The fourth-order valence-electron chi connectivity index (χ4n) is 6.85. The molecule has 0 unspecified atom stereocenters. The van der Waals surface area contributed by atoms with Crippen molar-refractivity contribution in [3.8, 4) is 0 Å². The molecule has 6 rings (SSSR count). The summed E-state index contributed by atoms with van der Waals surface area (Å²) >= 11 is 0. The van der Waals surface area contributed by atoms with Gasteiger partial charge in [-0.2, -0.15) is 25.4 Å². The fraction of sp³-hybridized carbons (Fsp3) is 0.300. The van der Waals surface area contributed by atoms with Crippen molar-refractivity contribution in [1.82, 2.24) is 8.61 Å². The second-order valence-electron chi connectivity index (χ2n) is 14.9. The Bertz CT molecular complexity index is 2750. The number of nitrogens with zero attached hydrogens (tertiary/aromatic N) is 4. The Kier molecular flexibility index (Phi) is 14.3. The van der Waals surface area contributed by atoms with Crippen molar-refractivity contribution in [2.75, 3.05) is 101 Å². The topological polar surface area (TPSA) is 267 Å². The van der Waals surface area contributed by atoms with Crippen molar-refractivity contribution in [3.63, 3.8) is 0 Å². The lowest BCUT2D eigenvalue weighted by Gasteiger charge is -2.28. The molecule has 2 saturated heterocycles. The van der Waals surface area contributed by atoms with Gasteiger partial charge in [0.2, 0.25) is 20.0 Å².